The van der Waals surface area contributed by atoms with E-state index in [0.29, 0.717) is 24.0 Å². The molecule has 1 aromatic rings. The number of nitrogens with zero attached hydrogens (tertiary/aromatic N) is 1. The van der Waals surface area contributed by atoms with E-state index < -0.39 is 0 Å². The molecule has 25 heavy (non-hydrogen) atoms. The molecule has 6 nitrogen and oxygen atoms in total. The molecule has 2 amide bonds. The second-order valence-corrected chi connectivity index (χ2v) is 7.42. The Morgan fingerprint density at radius 2 is 2.08 bits per heavy atom. The summed E-state index contributed by atoms with van der Waals surface area (Å²) < 4.78 is 10.7. The van der Waals surface area contributed by atoms with E-state index in [4.69, 9.17) is 9.47 Å². The molecule has 3 aliphatic rings. The lowest BCUT2D eigenvalue weighted by molar-refractivity contribution is -0.127. The first-order valence-corrected chi connectivity index (χ1v) is 9.10. The van der Waals surface area contributed by atoms with E-state index in [1.165, 1.54) is 12.8 Å². The lowest BCUT2D eigenvalue weighted by atomic mass is 9.87. The fraction of sp³-hybridized carbons (Fsp3) is 0.579. The van der Waals surface area contributed by atoms with Crippen molar-refractivity contribution in [1.29, 1.82) is 0 Å². The number of carbonyl (C=O) groups is 2. The molecule has 6 heteroatoms. The lowest BCUT2D eigenvalue weighted by Crippen LogP contribution is -2.42. The fourth-order valence-corrected chi connectivity index (χ4v) is 4.07. The van der Waals surface area contributed by atoms with E-state index in [-0.39, 0.29) is 37.0 Å². The highest BCUT2D eigenvalue weighted by Gasteiger charge is 2.36. The number of amides is 2. The molecule has 2 fully saturated rings. The van der Waals surface area contributed by atoms with E-state index in [1.54, 1.807) is 4.90 Å². The van der Waals surface area contributed by atoms with Crippen LogP contribution in [0.5, 0.6) is 11.5 Å². The van der Waals surface area contributed by atoms with Gasteiger partial charge < -0.3 is 19.7 Å². The zero-order valence-corrected chi connectivity index (χ0v) is 14.5. The monoisotopic (exact) mass is 344 g/mol. The zero-order valence-electron chi connectivity index (χ0n) is 14.5. The number of anilines is 1. The van der Waals surface area contributed by atoms with Gasteiger partial charge in [0.15, 0.2) is 11.5 Å². The number of ether oxygens (including phenoxy) is 2. The van der Waals surface area contributed by atoms with Crippen LogP contribution in [-0.4, -0.2) is 31.2 Å². The third kappa shape index (κ3) is 3.30. The Balaban J connectivity index is 1.40. The van der Waals surface area contributed by atoms with Gasteiger partial charge in [-0.2, -0.15) is 0 Å². The lowest BCUT2D eigenvalue weighted by Gasteiger charge is -2.28. The highest BCUT2D eigenvalue weighted by atomic mass is 16.7. The average Bonchev–Trinajstić information content (AvgIpc) is 3.20. The smallest absolute Gasteiger partial charge is 0.231 e. The molecule has 2 aliphatic heterocycles. The average molecular weight is 344 g/mol. The minimum atomic E-state index is -0.282. The number of hydrogen-bond acceptors (Lipinski definition) is 4. The summed E-state index contributed by atoms with van der Waals surface area (Å²) in [4.78, 5) is 26.7. The maximum Gasteiger partial charge on any atom is 0.231 e. The first-order valence-electron chi connectivity index (χ1n) is 9.10. The Bertz CT molecular complexity index is 690. The van der Waals surface area contributed by atoms with Crippen molar-refractivity contribution in [2.45, 2.75) is 45.1 Å². The van der Waals surface area contributed by atoms with Gasteiger partial charge in [-0.1, -0.05) is 19.8 Å². The van der Waals surface area contributed by atoms with Gasteiger partial charge in [0.25, 0.3) is 0 Å². The van der Waals surface area contributed by atoms with Gasteiger partial charge in [0.2, 0.25) is 18.6 Å². The topological polar surface area (TPSA) is 67.9 Å². The summed E-state index contributed by atoms with van der Waals surface area (Å²) in [6.45, 7) is 2.86. The highest BCUT2D eigenvalue weighted by Crippen LogP contribution is 2.37. The molecular formula is C19H24N2O4. The standard InChI is InChI=1S/C19H24N2O4/c1-12-3-2-4-14(7-12)20-19(23)13-8-18(22)21(10-13)15-5-6-16-17(9-15)25-11-24-16/h5-6,9,12-14H,2-4,7-8,10-11H2,1H3,(H,20,23). The molecule has 3 unspecified atom stereocenters. The second-order valence-electron chi connectivity index (χ2n) is 7.42. The molecule has 3 atom stereocenters. The van der Waals surface area contributed by atoms with Crippen LogP contribution in [0, 0.1) is 11.8 Å². The van der Waals surface area contributed by atoms with E-state index in [9.17, 15) is 9.59 Å². The predicted octanol–water partition coefficient (Wildman–Crippen LogP) is 2.46. The molecule has 1 saturated heterocycles. The summed E-state index contributed by atoms with van der Waals surface area (Å²) in [7, 11) is 0. The van der Waals surface area contributed by atoms with E-state index in [0.717, 1.165) is 18.5 Å². The Morgan fingerprint density at radius 3 is 2.92 bits per heavy atom. The zero-order chi connectivity index (χ0) is 17.4. The number of benzene rings is 1. The van der Waals surface area contributed by atoms with Crippen LogP contribution in [0.3, 0.4) is 0 Å². The van der Waals surface area contributed by atoms with Gasteiger partial charge in [-0.05, 0) is 30.9 Å². The Kier molecular flexibility index (Phi) is 4.27. The molecule has 1 aliphatic carbocycles. The van der Waals surface area contributed by atoms with E-state index in [1.807, 2.05) is 18.2 Å². The van der Waals surface area contributed by atoms with Crippen molar-refractivity contribution in [2.75, 3.05) is 18.2 Å². The van der Waals surface area contributed by atoms with Crippen molar-refractivity contribution >= 4 is 17.5 Å². The first kappa shape index (κ1) is 16.2. The third-order valence-electron chi connectivity index (χ3n) is 5.45. The molecular weight excluding hydrogens is 320 g/mol. The Hall–Kier alpha value is -2.24. The predicted molar refractivity (Wildman–Crippen MR) is 92.6 cm³/mol. The molecule has 2 heterocycles. The maximum absolute atomic E-state index is 12.6. The van der Waals surface area contributed by atoms with E-state index in [2.05, 4.69) is 12.2 Å². The van der Waals surface area contributed by atoms with Crippen LogP contribution in [0.2, 0.25) is 0 Å². The first-order chi connectivity index (χ1) is 12.1. The quantitative estimate of drug-likeness (QED) is 0.915. The molecule has 0 radical (unpaired) electrons. The minimum Gasteiger partial charge on any atom is -0.454 e. The molecule has 1 aromatic carbocycles. The molecule has 0 bridgehead atoms. The summed E-state index contributed by atoms with van der Waals surface area (Å²) in [5.74, 6) is 1.71. The number of nitrogens with one attached hydrogen (secondary N) is 1. The van der Waals surface area contributed by atoms with Crippen LogP contribution < -0.4 is 19.7 Å². The van der Waals surface area contributed by atoms with Crippen LogP contribution in [-0.2, 0) is 9.59 Å². The summed E-state index contributed by atoms with van der Waals surface area (Å²) >= 11 is 0. The van der Waals surface area contributed by atoms with Crippen LogP contribution in [0.25, 0.3) is 0 Å². The Labute approximate surface area is 147 Å². The summed E-state index contributed by atoms with van der Waals surface area (Å²) in [5.41, 5.74) is 0.760. The minimum absolute atomic E-state index is 0.00990. The number of fused-ring (bicyclic) bond motifs is 1. The van der Waals surface area contributed by atoms with Crippen molar-refractivity contribution in [2.24, 2.45) is 11.8 Å². The van der Waals surface area contributed by atoms with Crippen LogP contribution in [0.1, 0.15) is 39.0 Å². The summed E-state index contributed by atoms with van der Waals surface area (Å²) in [5, 5.41) is 3.16. The second kappa shape index (κ2) is 6.58. The Morgan fingerprint density at radius 1 is 1.24 bits per heavy atom. The van der Waals surface area contributed by atoms with Crippen LogP contribution in [0.15, 0.2) is 18.2 Å². The number of rotatable bonds is 3. The van der Waals surface area contributed by atoms with Gasteiger partial charge in [0.05, 0.1) is 5.92 Å². The fourth-order valence-electron chi connectivity index (χ4n) is 4.07. The number of hydrogen-bond donors (Lipinski definition) is 1. The van der Waals surface area contributed by atoms with Crippen molar-refractivity contribution in [1.82, 2.24) is 5.32 Å². The molecule has 0 spiro atoms. The maximum atomic E-state index is 12.6. The van der Waals surface area contributed by atoms with Gasteiger partial charge in [-0.15, -0.1) is 0 Å². The van der Waals surface area contributed by atoms with Gasteiger partial charge >= 0.3 is 0 Å². The molecule has 134 valence electrons. The normalized spacial score (nSPS) is 28.3. The molecule has 1 N–H and O–H groups in total. The van der Waals surface area contributed by atoms with Crippen molar-refractivity contribution in [3.05, 3.63) is 18.2 Å². The third-order valence-corrected chi connectivity index (χ3v) is 5.45. The van der Waals surface area contributed by atoms with Crippen LogP contribution >= 0.6 is 0 Å². The van der Waals surface area contributed by atoms with Crippen LogP contribution in [0.4, 0.5) is 5.69 Å². The molecule has 0 aromatic heterocycles. The largest absolute Gasteiger partial charge is 0.454 e. The molecule has 4 rings (SSSR count). The van der Waals surface area contributed by atoms with E-state index >= 15 is 0 Å². The van der Waals surface area contributed by atoms with Gasteiger partial charge in [0, 0.05) is 30.8 Å². The van der Waals surface area contributed by atoms with Crippen molar-refractivity contribution < 1.29 is 19.1 Å². The van der Waals surface area contributed by atoms with Gasteiger partial charge in [0.1, 0.15) is 0 Å². The highest BCUT2D eigenvalue weighted by molar-refractivity contribution is 6.00. The van der Waals surface area contributed by atoms with Gasteiger partial charge in [-0.25, -0.2) is 0 Å². The number of carbonyl (C=O) groups excluding carboxylic acids is 2. The summed E-state index contributed by atoms with van der Waals surface area (Å²) in [6.07, 6.45) is 4.76. The SMILES string of the molecule is CC1CCCC(NC(=O)C2CC(=O)N(c3ccc4c(c3)OCO4)C2)C1. The summed E-state index contributed by atoms with van der Waals surface area (Å²) in [6, 6.07) is 5.71. The molecule has 1 saturated carbocycles. The van der Waals surface area contributed by atoms with Gasteiger partial charge in [-0.3, -0.25) is 9.59 Å². The van der Waals surface area contributed by atoms with Crippen molar-refractivity contribution in [3.8, 4) is 11.5 Å². The van der Waals surface area contributed by atoms with Crippen molar-refractivity contribution in [3.63, 3.8) is 0 Å².